The highest BCUT2D eigenvalue weighted by Crippen LogP contribution is 2.35. The molecule has 0 amide bonds. The van der Waals surface area contributed by atoms with Crippen LogP contribution in [0.25, 0.3) is 0 Å². The molecule has 0 radical (unpaired) electrons. The number of hydrogen-bond donors (Lipinski definition) is 2. The van der Waals surface area contributed by atoms with Gasteiger partial charge in [-0.3, -0.25) is 4.79 Å². The molecule has 0 saturated heterocycles. The molecule has 0 bridgehead atoms. The number of carbonyl (C=O) groups is 1. The Morgan fingerprint density at radius 3 is 3.12 bits per heavy atom. The van der Waals surface area contributed by atoms with E-state index in [1.165, 1.54) is 0 Å². The van der Waals surface area contributed by atoms with Crippen LogP contribution in [0.4, 0.5) is 0 Å². The molecule has 1 aliphatic heterocycles. The number of carboxylic acids is 1. The Labute approximate surface area is 93.0 Å². The summed E-state index contributed by atoms with van der Waals surface area (Å²) in [4.78, 5) is 10.6. The number of hydrogen-bond acceptors (Lipinski definition) is 4. The number of rotatable bonds is 4. The molecule has 1 aliphatic rings. The summed E-state index contributed by atoms with van der Waals surface area (Å²) < 4.78 is 10.5. The highest BCUT2D eigenvalue weighted by atomic mass is 16.7. The Bertz CT molecular complexity index is 405. The van der Waals surface area contributed by atoms with E-state index in [1.807, 2.05) is 18.2 Å². The summed E-state index contributed by atoms with van der Waals surface area (Å²) in [6.07, 6.45) is 0. The van der Waals surface area contributed by atoms with Crippen LogP contribution < -0.4 is 14.8 Å². The third-order valence-corrected chi connectivity index (χ3v) is 2.45. The van der Waals surface area contributed by atoms with E-state index in [9.17, 15) is 4.79 Å². The second-order valence-electron chi connectivity index (χ2n) is 3.59. The molecule has 0 fully saturated rings. The first-order chi connectivity index (χ1) is 7.68. The minimum atomic E-state index is -0.871. The first-order valence-corrected chi connectivity index (χ1v) is 5.02. The zero-order valence-electron chi connectivity index (χ0n) is 8.90. The van der Waals surface area contributed by atoms with E-state index in [4.69, 9.17) is 14.6 Å². The van der Waals surface area contributed by atoms with Crippen molar-refractivity contribution < 1.29 is 19.4 Å². The van der Waals surface area contributed by atoms with Crippen molar-refractivity contribution in [3.8, 4) is 11.5 Å². The van der Waals surface area contributed by atoms with Gasteiger partial charge in [-0.2, -0.15) is 0 Å². The highest BCUT2D eigenvalue weighted by molar-refractivity contribution is 5.72. The van der Waals surface area contributed by atoms with Crippen LogP contribution in [0.15, 0.2) is 18.2 Å². The van der Waals surface area contributed by atoms with Gasteiger partial charge in [-0.15, -0.1) is 0 Å². The Kier molecular flexibility index (Phi) is 2.96. The second kappa shape index (κ2) is 4.40. The van der Waals surface area contributed by atoms with Gasteiger partial charge in [-0.05, 0) is 13.0 Å². The third-order valence-electron chi connectivity index (χ3n) is 2.45. The summed E-state index contributed by atoms with van der Waals surface area (Å²) in [5.41, 5.74) is 0.906. The van der Waals surface area contributed by atoms with Gasteiger partial charge in [0.15, 0.2) is 11.5 Å². The predicted octanol–water partition coefficient (Wildman–Crippen LogP) is 0.978. The fourth-order valence-corrected chi connectivity index (χ4v) is 1.48. The van der Waals surface area contributed by atoms with E-state index >= 15 is 0 Å². The van der Waals surface area contributed by atoms with E-state index < -0.39 is 12.0 Å². The van der Waals surface area contributed by atoms with Crippen LogP contribution in [-0.4, -0.2) is 23.9 Å². The van der Waals surface area contributed by atoms with Gasteiger partial charge in [-0.1, -0.05) is 12.1 Å². The molecular formula is C11H13NO4. The van der Waals surface area contributed by atoms with Crippen LogP contribution in [-0.2, 0) is 11.3 Å². The number of fused-ring (bicyclic) bond motifs is 1. The Morgan fingerprint density at radius 2 is 2.38 bits per heavy atom. The van der Waals surface area contributed by atoms with Crippen molar-refractivity contribution in [2.45, 2.75) is 19.5 Å². The van der Waals surface area contributed by atoms with E-state index in [0.717, 1.165) is 5.56 Å². The van der Waals surface area contributed by atoms with Gasteiger partial charge in [0.1, 0.15) is 6.04 Å². The largest absolute Gasteiger partial charge is 0.480 e. The number of nitrogens with one attached hydrogen (secondary N) is 1. The van der Waals surface area contributed by atoms with Crippen LogP contribution in [0.5, 0.6) is 11.5 Å². The number of aliphatic carboxylic acids is 1. The van der Waals surface area contributed by atoms with E-state index in [2.05, 4.69) is 5.32 Å². The summed E-state index contributed by atoms with van der Waals surface area (Å²) in [5.74, 6) is 0.541. The van der Waals surface area contributed by atoms with Gasteiger partial charge in [0.25, 0.3) is 0 Å². The molecule has 16 heavy (non-hydrogen) atoms. The first-order valence-electron chi connectivity index (χ1n) is 5.02. The standard InChI is InChI=1S/C11H13NO4/c1-7(11(13)14)12-5-8-3-2-4-9-10(8)16-6-15-9/h2-4,7,12H,5-6H2,1H3,(H,13,14). The summed E-state index contributed by atoms with van der Waals surface area (Å²) >= 11 is 0. The fourth-order valence-electron chi connectivity index (χ4n) is 1.48. The molecule has 5 nitrogen and oxygen atoms in total. The minimum Gasteiger partial charge on any atom is -0.480 e. The molecule has 5 heteroatoms. The zero-order valence-corrected chi connectivity index (χ0v) is 8.90. The summed E-state index contributed by atoms with van der Waals surface area (Å²) in [5, 5.41) is 11.6. The molecule has 0 spiro atoms. The lowest BCUT2D eigenvalue weighted by molar-refractivity contribution is -0.139. The predicted molar refractivity (Wildman–Crippen MR) is 56.5 cm³/mol. The zero-order chi connectivity index (χ0) is 11.5. The maximum absolute atomic E-state index is 10.6. The highest BCUT2D eigenvalue weighted by Gasteiger charge is 2.18. The van der Waals surface area contributed by atoms with Crippen molar-refractivity contribution in [3.63, 3.8) is 0 Å². The lowest BCUT2D eigenvalue weighted by atomic mass is 10.1. The first kappa shape index (κ1) is 10.8. The average Bonchev–Trinajstić information content (AvgIpc) is 2.73. The monoisotopic (exact) mass is 223 g/mol. The molecule has 0 aliphatic carbocycles. The molecule has 2 rings (SSSR count). The molecule has 86 valence electrons. The van der Waals surface area contributed by atoms with Crippen molar-refractivity contribution in [3.05, 3.63) is 23.8 Å². The summed E-state index contributed by atoms with van der Waals surface area (Å²) in [7, 11) is 0. The van der Waals surface area contributed by atoms with Crippen LogP contribution >= 0.6 is 0 Å². The number of carboxylic acid groups (broad SMARTS) is 1. The maximum atomic E-state index is 10.6. The quantitative estimate of drug-likeness (QED) is 0.796. The summed E-state index contributed by atoms with van der Waals surface area (Å²) in [6, 6.07) is 4.98. The Balaban J connectivity index is 2.05. The topological polar surface area (TPSA) is 67.8 Å². The normalized spacial score (nSPS) is 14.8. The van der Waals surface area contributed by atoms with E-state index in [-0.39, 0.29) is 6.79 Å². The molecule has 1 aromatic carbocycles. The molecule has 2 N–H and O–H groups in total. The maximum Gasteiger partial charge on any atom is 0.320 e. The van der Waals surface area contributed by atoms with Gasteiger partial charge < -0.3 is 19.9 Å². The van der Waals surface area contributed by atoms with Crippen molar-refractivity contribution in [1.29, 1.82) is 0 Å². The van der Waals surface area contributed by atoms with Crippen LogP contribution in [0.3, 0.4) is 0 Å². The lowest BCUT2D eigenvalue weighted by Gasteiger charge is -2.10. The summed E-state index contributed by atoms with van der Waals surface area (Å²) in [6.45, 7) is 2.27. The number of para-hydroxylation sites is 1. The van der Waals surface area contributed by atoms with Gasteiger partial charge in [0, 0.05) is 12.1 Å². The van der Waals surface area contributed by atoms with Gasteiger partial charge in [0.2, 0.25) is 6.79 Å². The SMILES string of the molecule is CC(NCc1cccc2c1OCO2)C(=O)O. The number of benzene rings is 1. The molecular weight excluding hydrogens is 210 g/mol. The molecule has 1 aromatic rings. The minimum absolute atomic E-state index is 0.223. The Hall–Kier alpha value is -1.75. The van der Waals surface area contributed by atoms with Crippen LogP contribution in [0.1, 0.15) is 12.5 Å². The average molecular weight is 223 g/mol. The molecule has 1 atom stereocenters. The van der Waals surface area contributed by atoms with E-state index in [0.29, 0.717) is 18.0 Å². The Morgan fingerprint density at radius 1 is 1.56 bits per heavy atom. The third kappa shape index (κ3) is 2.09. The van der Waals surface area contributed by atoms with Crippen molar-refractivity contribution in [1.82, 2.24) is 5.32 Å². The van der Waals surface area contributed by atoms with Crippen molar-refractivity contribution >= 4 is 5.97 Å². The molecule has 1 heterocycles. The van der Waals surface area contributed by atoms with Gasteiger partial charge >= 0.3 is 5.97 Å². The molecule has 0 aromatic heterocycles. The van der Waals surface area contributed by atoms with Crippen LogP contribution in [0.2, 0.25) is 0 Å². The van der Waals surface area contributed by atoms with Crippen molar-refractivity contribution in [2.75, 3.05) is 6.79 Å². The molecule has 1 unspecified atom stereocenters. The van der Waals surface area contributed by atoms with Crippen LogP contribution in [0, 0.1) is 0 Å². The van der Waals surface area contributed by atoms with Crippen molar-refractivity contribution in [2.24, 2.45) is 0 Å². The molecule has 0 saturated carbocycles. The van der Waals surface area contributed by atoms with E-state index in [1.54, 1.807) is 6.92 Å². The fraction of sp³-hybridized carbons (Fsp3) is 0.364. The number of ether oxygens (including phenoxy) is 2. The smallest absolute Gasteiger partial charge is 0.320 e. The van der Waals surface area contributed by atoms with Gasteiger partial charge in [-0.25, -0.2) is 0 Å². The van der Waals surface area contributed by atoms with Gasteiger partial charge in [0.05, 0.1) is 0 Å². The second-order valence-corrected chi connectivity index (χ2v) is 3.59. The lowest BCUT2D eigenvalue weighted by Crippen LogP contribution is -2.33.